The first kappa shape index (κ1) is 11.6. The van der Waals surface area contributed by atoms with Crippen molar-refractivity contribution in [3.63, 3.8) is 0 Å². The number of benzene rings is 1. The van der Waals surface area contributed by atoms with E-state index in [1.165, 1.54) is 0 Å². The summed E-state index contributed by atoms with van der Waals surface area (Å²) in [6.07, 6.45) is 0. The smallest absolute Gasteiger partial charge is 0.101 e. The Morgan fingerprint density at radius 3 is 2.58 bits per heavy atom. The molecule has 12 heavy (non-hydrogen) atoms. The van der Waals surface area contributed by atoms with Gasteiger partial charge >= 0.3 is 0 Å². The van der Waals surface area contributed by atoms with E-state index in [1.807, 2.05) is 6.07 Å². The van der Waals surface area contributed by atoms with Crippen LogP contribution in [0.2, 0.25) is 5.02 Å². The van der Waals surface area contributed by atoms with Crippen LogP contribution in [0.25, 0.3) is 0 Å². The van der Waals surface area contributed by atoms with E-state index in [-0.39, 0.29) is 12.4 Å². The summed E-state index contributed by atoms with van der Waals surface area (Å²) < 4.78 is 0.685. The maximum absolute atomic E-state index is 8.54. The van der Waals surface area contributed by atoms with E-state index < -0.39 is 0 Å². The van der Waals surface area contributed by atoms with Gasteiger partial charge in [0.25, 0.3) is 0 Å². The minimum absolute atomic E-state index is 0. The van der Waals surface area contributed by atoms with Gasteiger partial charge in [-0.3, -0.25) is 0 Å². The topological polar surface area (TPSA) is 49.8 Å². The van der Waals surface area contributed by atoms with Crippen molar-refractivity contribution in [1.82, 2.24) is 0 Å². The van der Waals surface area contributed by atoms with E-state index in [0.717, 1.165) is 0 Å². The van der Waals surface area contributed by atoms with Crippen LogP contribution in [-0.4, -0.2) is 0 Å². The second-order valence-corrected chi connectivity index (χ2v) is 3.23. The summed E-state index contributed by atoms with van der Waals surface area (Å²) in [5.41, 5.74) is 6.31. The summed E-state index contributed by atoms with van der Waals surface area (Å²) in [4.78, 5) is 0. The molecule has 0 bridgehead atoms. The lowest BCUT2D eigenvalue weighted by atomic mass is 10.2. The zero-order chi connectivity index (χ0) is 8.43. The van der Waals surface area contributed by atoms with Gasteiger partial charge in [-0.15, -0.1) is 12.4 Å². The fourth-order valence-electron chi connectivity index (χ4n) is 0.659. The first-order valence-electron chi connectivity index (χ1n) is 2.79. The van der Waals surface area contributed by atoms with E-state index in [4.69, 9.17) is 22.6 Å². The average Bonchev–Trinajstić information content (AvgIpc) is 1.97. The molecule has 0 amide bonds. The molecule has 0 spiro atoms. The SMILES string of the molecule is Cl.N#Cc1cc(Br)c(Cl)cc1N. The Kier molecular flexibility index (Phi) is 4.40. The molecule has 0 aliphatic carbocycles. The quantitative estimate of drug-likeness (QED) is 0.735. The van der Waals surface area contributed by atoms with Crippen LogP contribution >= 0.6 is 39.9 Å². The van der Waals surface area contributed by atoms with Crippen molar-refractivity contribution in [3.05, 3.63) is 27.2 Å². The van der Waals surface area contributed by atoms with Crippen LogP contribution in [0.3, 0.4) is 0 Å². The maximum atomic E-state index is 8.54. The third-order valence-electron chi connectivity index (χ3n) is 1.21. The van der Waals surface area contributed by atoms with E-state index in [2.05, 4.69) is 15.9 Å². The molecule has 2 nitrogen and oxygen atoms in total. The molecule has 0 fully saturated rings. The number of rotatable bonds is 0. The normalized spacial score (nSPS) is 8.42. The second-order valence-electron chi connectivity index (χ2n) is 1.97. The highest BCUT2D eigenvalue weighted by Crippen LogP contribution is 2.27. The van der Waals surface area contributed by atoms with Gasteiger partial charge in [0, 0.05) is 4.47 Å². The molecule has 1 rings (SSSR count). The van der Waals surface area contributed by atoms with Gasteiger partial charge in [-0.2, -0.15) is 5.26 Å². The van der Waals surface area contributed by atoms with Crippen molar-refractivity contribution in [1.29, 1.82) is 5.26 Å². The molecule has 5 heteroatoms. The first-order chi connectivity index (χ1) is 5.15. The van der Waals surface area contributed by atoms with Gasteiger partial charge in [-0.25, -0.2) is 0 Å². The predicted octanol–water partition coefficient (Wildman–Crippen LogP) is 2.98. The molecule has 0 atom stereocenters. The number of hydrogen-bond acceptors (Lipinski definition) is 2. The lowest BCUT2D eigenvalue weighted by molar-refractivity contribution is 1.47. The number of nitrogen functional groups attached to an aromatic ring is 1. The number of nitriles is 1. The van der Waals surface area contributed by atoms with E-state index in [9.17, 15) is 0 Å². The molecule has 0 aromatic heterocycles. The largest absolute Gasteiger partial charge is 0.398 e. The van der Waals surface area contributed by atoms with Crippen molar-refractivity contribution >= 4 is 45.6 Å². The molecule has 1 aromatic carbocycles. The molecular formula is C7H5BrCl2N2. The number of anilines is 1. The van der Waals surface area contributed by atoms with Crippen LogP contribution in [0.4, 0.5) is 5.69 Å². The van der Waals surface area contributed by atoms with E-state index in [1.54, 1.807) is 12.1 Å². The van der Waals surface area contributed by atoms with Crippen molar-refractivity contribution in [3.8, 4) is 6.07 Å². The summed E-state index contributed by atoms with van der Waals surface area (Å²) in [7, 11) is 0. The number of nitrogens with zero attached hydrogens (tertiary/aromatic N) is 1. The molecule has 0 heterocycles. The number of hydrogen-bond donors (Lipinski definition) is 1. The van der Waals surface area contributed by atoms with Crippen LogP contribution in [-0.2, 0) is 0 Å². The number of nitrogens with two attached hydrogens (primary N) is 1. The van der Waals surface area contributed by atoms with Gasteiger partial charge in [0.2, 0.25) is 0 Å². The highest BCUT2D eigenvalue weighted by Gasteiger charge is 2.02. The Balaban J connectivity index is 0.00000121. The minimum atomic E-state index is 0. The van der Waals surface area contributed by atoms with E-state index in [0.29, 0.717) is 20.7 Å². The van der Waals surface area contributed by atoms with Crippen molar-refractivity contribution in [2.24, 2.45) is 0 Å². The molecule has 0 radical (unpaired) electrons. The van der Waals surface area contributed by atoms with Crippen LogP contribution in [0.1, 0.15) is 5.56 Å². The summed E-state index contributed by atoms with van der Waals surface area (Å²) in [5.74, 6) is 0. The minimum Gasteiger partial charge on any atom is -0.398 e. The van der Waals surface area contributed by atoms with Crippen molar-refractivity contribution in [2.75, 3.05) is 5.73 Å². The number of halogens is 3. The van der Waals surface area contributed by atoms with Gasteiger partial charge in [-0.05, 0) is 28.1 Å². The van der Waals surface area contributed by atoms with Crippen LogP contribution in [0.15, 0.2) is 16.6 Å². The van der Waals surface area contributed by atoms with E-state index >= 15 is 0 Å². The highest BCUT2D eigenvalue weighted by atomic mass is 79.9. The fraction of sp³-hybridized carbons (Fsp3) is 0. The summed E-state index contributed by atoms with van der Waals surface area (Å²) in [5, 5.41) is 9.06. The Morgan fingerprint density at radius 2 is 2.08 bits per heavy atom. The van der Waals surface area contributed by atoms with Gasteiger partial charge in [-0.1, -0.05) is 11.6 Å². The lowest BCUT2D eigenvalue weighted by Gasteiger charge is -1.99. The summed E-state index contributed by atoms with van der Waals surface area (Å²) >= 11 is 8.89. The standard InChI is InChI=1S/C7H4BrClN2.ClH/c8-5-1-4(3-10)7(11)2-6(5)9;/h1-2H,11H2;1H. The van der Waals surface area contributed by atoms with Gasteiger partial charge in [0.15, 0.2) is 0 Å². The summed E-state index contributed by atoms with van der Waals surface area (Å²) in [6, 6.07) is 5.09. The molecule has 0 saturated heterocycles. The predicted molar refractivity (Wildman–Crippen MR) is 55.5 cm³/mol. The molecule has 0 saturated carbocycles. The zero-order valence-corrected chi connectivity index (χ0v) is 9.00. The van der Waals surface area contributed by atoms with Crippen molar-refractivity contribution < 1.29 is 0 Å². The molecular weight excluding hydrogens is 263 g/mol. The van der Waals surface area contributed by atoms with Gasteiger partial charge in [0.05, 0.1) is 16.3 Å². The molecule has 0 aliphatic rings. The van der Waals surface area contributed by atoms with Gasteiger partial charge < -0.3 is 5.73 Å². The Morgan fingerprint density at radius 1 is 1.50 bits per heavy atom. The van der Waals surface area contributed by atoms with Crippen LogP contribution < -0.4 is 5.73 Å². The third-order valence-corrected chi connectivity index (χ3v) is 2.41. The third kappa shape index (κ3) is 2.28. The molecule has 1 aromatic rings. The monoisotopic (exact) mass is 266 g/mol. The van der Waals surface area contributed by atoms with Crippen molar-refractivity contribution in [2.45, 2.75) is 0 Å². The summed E-state index contributed by atoms with van der Waals surface area (Å²) in [6.45, 7) is 0. The van der Waals surface area contributed by atoms with Crippen LogP contribution in [0, 0.1) is 11.3 Å². The zero-order valence-electron chi connectivity index (χ0n) is 5.84. The second kappa shape index (κ2) is 4.56. The molecule has 64 valence electrons. The molecule has 0 aliphatic heterocycles. The maximum Gasteiger partial charge on any atom is 0.101 e. The highest BCUT2D eigenvalue weighted by molar-refractivity contribution is 9.10. The molecule has 2 N–H and O–H groups in total. The molecule has 0 unspecified atom stereocenters. The Labute approximate surface area is 89.9 Å². The van der Waals surface area contributed by atoms with Crippen LogP contribution in [0.5, 0.6) is 0 Å². The lowest BCUT2D eigenvalue weighted by Crippen LogP contribution is -1.89. The van der Waals surface area contributed by atoms with Gasteiger partial charge in [0.1, 0.15) is 6.07 Å². The Bertz CT molecular complexity index is 333. The average molecular weight is 268 g/mol. The first-order valence-corrected chi connectivity index (χ1v) is 3.97. The fourth-order valence-corrected chi connectivity index (χ4v) is 1.17. The Hall–Kier alpha value is -0.430.